The maximum Gasteiger partial charge on any atom is 0.510 e. The molecule has 0 radical (unpaired) electrons. The second-order valence-corrected chi connectivity index (χ2v) is 5.24. The van der Waals surface area contributed by atoms with Crippen molar-refractivity contribution < 1.29 is 47.8 Å². The Morgan fingerprint density at radius 1 is 0.625 bits per heavy atom. The van der Waals surface area contributed by atoms with E-state index in [2.05, 4.69) is 14.2 Å². The van der Waals surface area contributed by atoms with Crippen LogP contribution in [0.15, 0.2) is 0 Å². The van der Waals surface area contributed by atoms with E-state index in [1.165, 1.54) is 0 Å². The summed E-state index contributed by atoms with van der Waals surface area (Å²) in [5.74, 6) is -5.75. The number of rotatable bonds is 0. The van der Waals surface area contributed by atoms with Crippen molar-refractivity contribution in [3.8, 4) is 0 Å². The largest absolute Gasteiger partial charge is 0.510 e. The molecule has 2 aliphatic heterocycles. The summed E-state index contributed by atoms with van der Waals surface area (Å²) >= 11 is 0. The van der Waals surface area contributed by atoms with Gasteiger partial charge in [0, 0.05) is 0 Å². The van der Waals surface area contributed by atoms with E-state index in [4.69, 9.17) is 0 Å². The summed E-state index contributed by atoms with van der Waals surface area (Å²) in [5, 5.41) is 0. The van der Waals surface area contributed by atoms with Gasteiger partial charge in [0.2, 0.25) is 12.2 Å². The Hall–Kier alpha value is -2.91. The van der Waals surface area contributed by atoms with Gasteiger partial charge in [0.15, 0.2) is 23.1 Å². The molecule has 128 valence electrons. The molecule has 4 rings (SSSR count). The van der Waals surface area contributed by atoms with Gasteiger partial charge in [0.25, 0.3) is 0 Å². The third kappa shape index (κ3) is 2.59. The number of hydrogen-bond donors (Lipinski definition) is 0. The maximum absolute atomic E-state index is 10.9. The highest BCUT2D eigenvalue weighted by Crippen LogP contribution is 2.33. The van der Waals surface area contributed by atoms with Gasteiger partial charge in [0.05, 0.1) is 12.8 Å². The van der Waals surface area contributed by atoms with E-state index in [-0.39, 0.29) is 31.8 Å². The normalized spacial score (nSPS) is 33.1. The third-order valence-electron chi connectivity index (χ3n) is 3.79. The first kappa shape index (κ1) is 17.4. The zero-order valence-electron chi connectivity index (χ0n) is 11.3. The van der Waals surface area contributed by atoms with Crippen LogP contribution in [0.5, 0.6) is 0 Å². The van der Waals surface area contributed by atoms with Gasteiger partial charge >= 0.3 is 18.1 Å². The Kier molecular flexibility index (Phi) is 4.32. The SMILES string of the molecule is C.O=C1CC(=O)C2C(=O)OC(=O)C12.O=C1OC2C(=O)CC(=O)C2O1. The molecule has 10 nitrogen and oxygen atoms in total. The summed E-state index contributed by atoms with van der Waals surface area (Å²) in [7, 11) is 0. The van der Waals surface area contributed by atoms with E-state index in [0.717, 1.165) is 0 Å². The molecule has 10 heteroatoms. The summed E-state index contributed by atoms with van der Waals surface area (Å²) in [6.45, 7) is 0. The minimum absolute atomic E-state index is 0. The van der Waals surface area contributed by atoms with Crippen molar-refractivity contribution in [1.82, 2.24) is 0 Å². The molecule has 2 saturated carbocycles. The average molecular weight is 340 g/mol. The lowest BCUT2D eigenvalue weighted by atomic mass is 9.98. The predicted molar refractivity (Wildman–Crippen MR) is 69.2 cm³/mol. The first-order chi connectivity index (χ1) is 10.8. The average Bonchev–Trinajstić information content (AvgIpc) is 3.12. The van der Waals surface area contributed by atoms with Crippen LogP contribution in [0, 0.1) is 11.8 Å². The molecular formula is C14H12O10. The van der Waals surface area contributed by atoms with Gasteiger partial charge in [-0.05, 0) is 0 Å². The van der Waals surface area contributed by atoms with Crippen LogP contribution in [0.3, 0.4) is 0 Å². The zero-order valence-corrected chi connectivity index (χ0v) is 11.3. The summed E-state index contributed by atoms with van der Waals surface area (Å²) < 4.78 is 13.0. The second-order valence-electron chi connectivity index (χ2n) is 5.24. The third-order valence-corrected chi connectivity index (χ3v) is 3.79. The number of carbonyl (C=O) groups is 7. The fourth-order valence-corrected chi connectivity index (χ4v) is 2.73. The van der Waals surface area contributed by atoms with Gasteiger partial charge in [-0.15, -0.1) is 0 Å². The highest BCUT2D eigenvalue weighted by molar-refractivity contribution is 6.27. The van der Waals surface area contributed by atoms with Crippen molar-refractivity contribution in [3.05, 3.63) is 0 Å². The van der Waals surface area contributed by atoms with E-state index in [0.29, 0.717) is 0 Å². The van der Waals surface area contributed by atoms with Gasteiger partial charge in [-0.2, -0.15) is 0 Å². The number of esters is 2. The molecule has 4 atom stereocenters. The van der Waals surface area contributed by atoms with Crippen molar-refractivity contribution in [2.45, 2.75) is 32.5 Å². The Balaban J connectivity index is 0.000000167. The first-order valence-corrected chi connectivity index (χ1v) is 6.53. The van der Waals surface area contributed by atoms with Crippen molar-refractivity contribution >= 4 is 41.2 Å². The summed E-state index contributed by atoms with van der Waals surface area (Å²) in [6.07, 6.45) is -3.34. The molecule has 4 fully saturated rings. The Morgan fingerprint density at radius 2 is 1.00 bits per heavy atom. The maximum atomic E-state index is 10.9. The fourth-order valence-electron chi connectivity index (χ4n) is 2.73. The van der Waals surface area contributed by atoms with Crippen molar-refractivity contribution in [2.75, 3.05) is 0 Å². The lowest BCUT2D eigenvalue weighted by Crippen LogP contribution is -2.24. The molecule has 4 aliphatic rings. The minimum atomic E-state index is -1.13. The van der Waals surface area contributed by atoms with Crippen LogP contribution in [-0.2, 0) is 43.0 Å². The minimum Gasteiger partial charge on any atom is -0.418 e. The van der Waals surface area contributed by atoms with E-state index < -0.39 is 53.7 Å². The molecule has 4 unspecified atom stereocenters. The van der Waals surface area contributed by atoms with Crippen LogP contribution in [-0.4, -0.2) is 53.4 Å². The van der Waals surface area contributed by atoms with Crippen LogP contribution in [0.2, 0.25) is 0 Å². The van der Waals surface area contributed by atoms with Crippen molar-refractivity contribution in [3.63, 3.8) is 0 Å². The highest BCUT2D eigenvalue weighted by atomic mass is 16.8. The number of fused-ring (bicyclic) bond motifs is 2. The Morgan fingerprint density at radius 3 is 1.42 bits per heavy atom. The quantitative estimate of drug-likeness (QED) is 0.393. The topological polar surface area (TPSA) is 147 Å². The van der Waals surface area contributed by atoms with Gasteiger partial charge in [-0.1, -0.05) is 7.43 Å². The van der Waals surface area contributed by atoms with E-state index in [1.807, 2.05) is 0 Å². The molecule has 2 saturated heterocycles. The Bertz CT molecular complexity index is 606. The van der Waals surface area contributed by atoms with Crippen LogP contribution < -0.4 is 0 Å². The van der Waals surface area contributed by atoms with Crippen molar-refractivity contribution in [1.29, 1.82) is 0 Å². The summed E-state index contributed by atoms with van der Waals surface area (Å²) in [4.78, 5) is 75.6. The number of cyclic esters (lactones) is 2. The fraction of sp³-hybridized carbons (Fsp3) is 0.500. The van der Waals surface area contributed by atoms with Gasteiger partial charge in [-0.25, -0.2) is 4.79 Å². The molecule has 0 amide bonds. The second kappa shape index (κ2) is 5.95. The van der Waals surface area contributed by atoms with Gasteiger partial charge < -0.3 is 14.2 Å². The molecule has 0 spiro atoms. The lowest BCUT2D eigenvalue weighted by molar-refractivity contribution is -0.155. The van der Waals surface area contributed by atoms with Crippen LogP contribution >= 0.6 is 0 Å². The van der Waals surface area contributed by atoms with E-state index in [9.17, 15) is 33.6 Å². The van der Waals surface area contributed by atoms with E-state index >= 15 is 0 Å². The summed E-state index contributed by atoms with van der Waals surface area (Å²) in [5.41, 5.74) is 0. The molecule has 2 aliphatic carbocycles. The van der Waals surface area contributed by atoms with Crippen LogP contribution in [0.4, 0.5) is 4.79 Å². The molecule has 0 bridgehead atoms. The molecule has 0 aromatic heterocycles. The molecule has 2 heterocycles. The number of ketones is 4. The predicted octanol–water partition coefficient (Wildman–Crippen LogP) is -1.09. The molecule has 24 heavy (non-hydrogen) atoms. The lowest BCUT2D eigenvalue weighted by Gasteiger charge is -1.97. The first-order valence-electron chi connectivity index (χ1n) is 6.53. The van der Waals surface area contributed by atoms with Crippen LogP contribution in [0.1, 0.15) is 20.3 Å². The smallest absolute Gasteiger partial charge is 0.418 e. The number of ether oxygens (including phenoxy) is 3. The number of Topliss-reactive ketones (excluding diaryl/α,β-unsaturated/α-hetero) is 4. The molecule has 0 aromatic carbocycles. The van der Waals surface area contributed by atoms with Crippen LogP contribution in [0.25, 0.3) is 0 Å². The standard InChI is InChI=1S/C7H4O5.C6H4O5.CH4/c8-2-1-3(9)5-4(2)6(10)12-7(5)11;7-2-1-3(8)5-4(2)10-6(9)11-5;/h4-5H,1H2;4-5H,1H2;1H4. The van der Waals surface area contributed by atoms with Gasteiger partial charge in [-0.3, -0.25) is 28.8 Å². The van der Waals surface area contributed by atoms with Crippen molar-refractivity contribution in [2.24, 2.45) is 11.8 Å². The molecular weight excluding hydrogens is 328 g/mol. The molecule has 0 N–H and O–H groups in total. The highest BCUT2D eigenvalue weighted by Gasteiger charge is 2.57. The Labute approximate surface area is 134 Å². The zero-order chi connectivity index (χ0) is 16.9. The monoisotopic (exact) mass is 340 g/mol. The number of hydrogen-bond acceptors (Lipinski definition) is 10. The number of carbonyl (C=O) groups excluding carboxylic acids is 7. The van der Waals surface area contributed by atoms with E-state index in [1.54, 1.807) is 0 Å². The summed E-state index contributed by atoms with van der Waals surface area (Å²) in [6, 6.07) is 0. The molecule has 0 aromatic rings. The van der Waals surface area contributed by atoms with Gasteiger partial charge in [0.1, 0.15) is 11.8 Å².